The van der Waals surface area contributed by atoms with Crippen molar-refractivity contribution in [2.24, 2.45) is 0 Å². The van der Waals surface area contributed by atoms with Crippen LogP contribution < -0.4 is 5.32 Å². The lowest BCUT2D eigenvalue weighted by atomic mass is 10.1. The van der Waals surface area contributed by atoms with E-state index in [1.807, 2.05) is 0 Å². The molecule has 1 amide bonds. The first kappa shape index (κ1) is 16.0. The molecule has 0 radical (unpaired) electrons. The second-order valence-corrected chi connectivity index (χ2v) is 5.35. The van der Waals surface area contributed by atoms with E-state index in [9.17, 15) is 14.4 Å². The molecule has 0 fully saturated rings. The Kier molecular flexibility index (Phi) is 4.81. The molecule has 1 heterocycles. The summed E-state index contributed by atoms with van der Waals surface area (Å²) >= 11 is 3.30. The summed E-state index contributed by atoms with van der Waals surface area (Å²) < 4.78 is 5.15. The number of hydrogen-bond donors (Lipinski definition) is 2. The highest BCUT2D eigenvalue weighted by molar-refractivity contribution is 9.10. The van der Waals surface area contributed by atoms with Crippen molar-refractivity contribution in [3.8, 4) is 0 Å². The van der Waals surface area contributed by atoms with Gasteiger partial charge in [-0.2, -0.15) is 0 Å². The number of amides is 1. The second-order valence-electron chi connectivity index (χ2n) is 4.56. The molecule has 0 aliphatic carbocycles. The van der Waals surface area contributed by atoms with Gasteiger partial charge in [-0.3, -0.25) is 9.69 Å². The summed E-state index contributed by atoms with van der Waals surface area (Å²) in [6.45, 7) is -0.0974. The lowest BCUT2D eigenvalue weighted by molar-refractivity contribution is -0.115. The van der Waals surface area contributed by atoms with Crippen molar-refractivity contribution >= 4 is 39.5 Å². The standard InChI is InChI=1S/C14H13BrN2O5/c1-22-13(19)10-3-2-4-11(12(10)15)16-8-5-9(18)7-17(6-8)14(20)21/h2-5,16H,6-7H2,1H3,(H,20,21). The number of anilines is 1. The van der Waals surface area contributed by atoms with Crippen LogP contribution >= 0.6 is 15.9 Å². The number of esters is 1. The number of ether oxygens (including phenoxy) is 1. The zero-order valence-electron chi connectivity index (χ0n) is 11.6. The van der Waals surface area contributed by atoms with E-state index in [1.54, 1.807) is 18.2 Å². The van der Waals surface area contributed by atoms with E-state index in [0.717, 1.165) is 4.90 Å². The summed E-state index contributed by atoms with van der Waals surface area (Å²) in [7, 11) is 1.28. The van der Waals surface area contributed by atoms with E-state index in [-0.39, 0.29) is 18.9 Å². The average molecular weight is 369 g/mol. The second kappa shape index (κ2) is 6.61. The summed E-state index contributed by atoms with van der Waals surface area (Å²) in [4.78, 5) is 35.2. The van der Waals surface area contributed by atoms with Crippen LogP contribution in [-0.4, -0.2) is 48.1 Å². The summed E-state index contributed by atoms with van der Waals surface area (Å²) in [6, 6.07) is 4.94. The maximum Gasteiger partial charge on any atom is 0.408 e. The zero-order valence-corrected chi connectivity index (χ0v) is 13.2. The van der Waals surface area contributed by atoms with E-state index >= 15 is 0 Å². The van der Waals surface area contributed by atoms with Gasteiger partial charge >= 0.3 is 12.1 Å². The van der Waals surface area contributed by atoms with Gasteiger partial charge in [0.1, 0.15) is 0 Å². The monoisotopic (exact) mass is 368 g/mol. The topological polar surface area (TPSA) is 95.9 Å². The van der Waals surface area contributed by atoms with Gasteiger partial charge in [0.15, 0.2) is 5.78 Å². The Hall–Kier alpha value is -2.35. The minimum Gasteiger partial charge on any atom is -0.465 e. The number of benzene rings is 1. The van der Waals surface area contributed by atoms with Gasteiger partial charge in [-0.15, -0.1) is 0 Å². The lowest BCUT2D eigenvalue weighted by Crippen LogP contribution is -2.40. The van der Waals surface area contributed by atoms with Gasteiger partial charge in [-0.25, -0.2) is 9.59 Å². The maximum atomic E-state index is 11.6. The average Bonchev–Trinajstić information content (AvgIpc) is 2.48. The van der Waals surface area contributed by atoms with Crippen LogP contribution in [0.3, 0.4) is 0 Å². The summed E-state index contributed by atoms with van der Waals surface area (Å²) in [5.74, 6) is -0.812. The van der Waals surface area contributed by atoms with Crippen molar-refractivity contribution < 1.29 is 24.2 Å². The Labute approximate surface area is 134 Å². The molecule has 1 aliphatic rings. The Morgan fingerprint density at radius 1 is 1.36 bits per heavy atom. The number of carbonyl (C=O) groups excluding carboxylic acids is 2. The van der Waals surface area contributed by atoms with Gasteiger partial charge < -0.3 is 15.2 Å². The van der Waals surface area contributed by atoms with Crippen LogP contribution in [0.1, 0.15) is 10.4 Å². The van der Waals surface area contributed by atoms with Gasteiger partial charge in [0.05, 0.1) is 35.9 Å². The number of carbonyl (C=O) groups is 3. The van der Waals surface area contributed by atoms with Gasteiger partial charge in [0.25, 0.3) is 0 Å². The van der Waals surface area contributed by atoms with Crippen LogP contribution in [0.2, 0.25) is 0 Å². The molecule has 0 saturated heterocycles. The molecule has 2 N–H and O–H groups in total. The first-order valence-corrected chi connectivity index (χ1v) is 7.06. The van der Waals surface area contributed by atoms with Crippen molar-refractivity contribution in [2.45, 2.75) is 0 Å². The molecule has 8 heteroatoms. The third-order valence-electron chi connectivity index (χ3n) is 3.01. The van der Waals surface area contributed by atoms with Crippen LogP contribution in [0.15, 0.2) is 34.4 Å². The first-order chi connectivity index (χ1) is 10.4. The van der Waals surface area contributed by atoms with Gasteiger partial charge in [0.2, 0.25) is 0 Å². The smallest absolute Gasteiger partial charge is 0.408 e. The van der Waals surface area contributed by atoms with Crippen molar-refractivity contribution in [1.82, 2.24) is 4.90 Å². The molecule has 22 heavy (non-hydrogen) atoms. The number of ketones is 1. The summed E-state index contributed by atoms with van der Waals surface area (Å²) in [5.41, 5.74) is 1.29. The Morgan fingerprint density at radius 2 is 2.09 bits per heavy atom. The SMILES string of the molecule is COC(=O)c1cccc(NC2=CC(=O)CN(C(=O)O)C2)c1Br. The molecule has 1 aromatic carbocycles. The largest absolute Gasteiger partial charge is 0.465 e. The molecule has 0 bridgehead atoms. The number of nitrogens with one attached hydrogen (secondary N) is 1. The quantitative estimate of drug-likeness (QED) is 0.793. The number of halogens is 1. The van der Waals surface area contributed by atoms with Crippen LogP contribution in [0, 0.1) is 0 Å². The minimum absolute atomic E-state index is 0.0654. The highest BCUT2D eigenvalue weighted by Gasteiger charge is 2.23. The molecule has 2 rings (SSSR count). The maximum absolute atomic E-state index is 11.6. The first-order valence-electron chi connectivity index (χ1n) is 6.27. The number of methoxy groups -OCH3 is 1. The fraction of sp³-hybridized carbons (Fsp3) is 0.214. The number of nitrogens with zero attached hydrogens (tertiary/aromatic N) is 1. The molecule has 0 spiro atoms. The van der Waals surface area contributed by atoms with Crippen molar-refractivity contribution in [2.75, 3.05) is 25.5 Å². The molecular formula is C14H13BrN2O5. The number of carboxylic acid groups (broad SMARTS) is 1. The molecule has 1 aliphatic heterocycles. The predicted octanol–water partition coefficient (Wildman–Crippen LogP) is 2.09. The van der Waals surface area contributed by atoms with E-state index in [0.29, 0.717) is 21.4 Å². The third-order valence-corrected chi connectivity index (χ3v) is 3.87. The molecule has 0 aromatic heterocycles. The minimum atomic E-state index is -1.16. The summed E-state index contributed by atoms with van der Waals surface area (Å²) in [5, 5.41) is 12.0. The Bertz CT molecular complexity index is 671. The van der Waals surface area contributed by atoms with Gasteiger partial charge in [0, 0.05) is 11.8 Å². The predicted molar refractivity (Wildman–Crippen MR) is 81.8 cm³/mol. The van der Waals surface area contributed by atoms with Crippen LogP contribution in [-0.2, 0) is 9.53 Å². The van der Waals surface area contributed by atoms with E-state index in [2.05, 4.69) is 26.0 Å². The molecule has 116 valence electrons. The fourth-order valence-corrected chi connectivity index (χ4v) is 2.54. The Balaban J connectivity index is 2.26. The summed E-state index contributed by atoms with van der Waals surface area (Å²) in [6.07, 6.45) is 0.194. The van der Waals surface area contributed by atoms with Gasteiger partial charge in [-0.1, -0.05) is 6.07 Å². The van der Waals surface area contributed by atoms with Gasteiger partial charge in [-0.05, 0) is 28.1 Å². The molecule has 1 aromatic rings. The zero-order chi connectivity index (χ0) is 16.3. The van der Waals surface area contributed by atoms with E-state index in [1.165, 1.54) is 13.2 Å². The van der Waals surface area contributed by atoms with E-state index < -0.39 is 12.1 Å². The Morgan fingerprint density at radius 3 is 2.73 bits per heavy atom. The normalized spacial score (nSPS) is 14.4. The highest BCUT2D eigenvalue weighted by atomic mass is 79.9. The molecular weight excluding hydrogens is 356 g/mol. The van der Waals surface area contributed by atoms with Crippen LogP contribution in [0.5, 0.6) is 0 Å². The molecule has 0 saturated carbocycles. The number of hydrogen-bond acceptors (Lipinski definition) is 5. The van der Waals surface area contributed by atoms with Crippen LogP contribution in [0.25, 0.3) is 0 Å². The van der Waals surface area contributed by atoms with Crippen molar-refractivity contribution in [1.29, 1.82) is 0 Å². The van der Waals surface area contributed by atoms with Crippen LogP contribution in [0.4, 0.5) is 10.5 Å². The lowest BCUT2D eigenvalue weighted by Gasteiger charge is -2.25. The van der Waals surface area contributed by atoms with Crippen molar-refractivity contribution in [3.63, 3.8) is 0 Å². The number of rotatable bonds is 3. The molecule has 7 nitrogen and oxygen atoms in total. The van der Waals surface area contributed by atoms with Crippen molar-refractivity contribution in [3.05, 3.63) is 40.0 Å². The molecule has 0 unspecified atom stereocenters. The van der Waals surface area contributed by atoms with E-state index in [4.69, 9.17) is 5.11 Å². The fourth-order valence-electron chi connectivity index (χ4n) is 2.02. The third kappa shape index (κ3) is 3.45. The highest BCUT2D eigenvalue weighted by Crippen LogP contribution is 2.28. The molecule has 0 atom stereocenters.